The maximum atomic E-state index is 13.9. The average molecular weight is 621 g/mol. The molecular weight excluding hydrogens is 572 g/mol. The van der Waals surface area contributed by atoms with E-state index in [-0.39, 0.29) is 25.6 Å². The van der Waals surface area contributed by atoms with Crippen LogP contribution >= 0.6 is 0 Å². The minimum absolute atomic E-state index is 0.0391. The van der Waals surface area contributed by atoms with E-state index in [1.165, 1.54) is 39.2 Å². The number of methoxy groups -OCH3 is 1. The van der Waals surface area contributed by atoms with Gasteiger partial charge < -0.3 is 29.9 Å². The number of hydrogen-bond acceptors (Lipinski definition) is 7. The number of amides is 2. The molecule has 45 heavy (non-hydrogen) atoms. The van der Waals surface area contributed by atoms with Crippen molar-refractivity contribution in [2.24, 2.45) is 0 Å². The molecule has 2 aliphatic rings. The fourth-order valence-corrected chi connectivity index (χ4v) is 6.43. The molecule has 4 atom stereocenters. The van der Waals surface area contributed by atoms with Crippen LogP contribution in [-0.4, -0.2) is 71.7 Å². The van der Waals surface area contributed by atoms with Crippen LogP contribution < -0.4 is 14.8 Å². The van der Waals surface area contributed by atoms with Crippen LogP contribution in [0.1, 0.15) is 98.5 Å². The molecule has 2 aromatic rings. The van der Waals surface area contributed by atoms with Crippen molar-refractivity contribution in [3.63, 3.8) is 0 Å². The standard InChI is InChI=1S/C36H48N2O7/c1-3-4-5-6-7-8-9-10-14-17-31(41)38(23-25-15-12-11-13-16-25)29-22-28(36(43)37-18-19-39)32-27-20-26(24-40)21-30(44-2)34(27)45-35(32)33(29)42/h11-13,15-16,20-22,24,29,32-33,35,39,42H,3-10,14,17-19,23H2,1-2H3,(H,37,43). The van der Waals surface area contributed by atoms with Crippen LogP contribution in [0.15, 0.2) is 54.1 Å². The van der Waals surface area contributed by atoms with Gasteiger partial charge in [0.1, 0.15) is 18.5 Å². The van der Waals surface area contributed by atoms with Crippen molar-refractivity contribution in [1.82, 2.24) is 10.2 Å². The van der Waals surface area contributed by atoms with Gasteiger partial charge in [-0.25, -0.2) is 0 Å². The first-order valence-electron chi connectivity index (χ1n) is 16.4. The Balaban J connectivity index is 1.60. The molecule has 1 aliphatic heterocycles. The van der Waals surface area contributed by atoms with Gasteiger partial charge in [0.2, 0.25) is 11.8 Å². The van der Waals surface area contributed by atoms with Crippen molar-refractivity contribution in [1.29, 1.82) is 0 Å². The lowest BCUT2D eigenvalue weighted by molar-refractivity contribution is -0.138. The third-order valence-electron chi connectivity index (χ3n) is 8.78. The number of nitrogens with zero attached hydrogens (tertiary/aromatic N) is 1. The highest BCUT2D eigenvalue weighted by atomic mass is 16.5. The van der Waals surface area contributed by atoms with Gasteiger partial charge in [0.15, 0.2) is 11.5 Å². The lowest BCUT2D eigenvalue weighted by Crippen LogP contribution is -2.55. The minimum atomic E-state index is -1.17. The highest BCUT2D eigenvalue weighted by Crippen LogP contribution is 2.51. The molecule has 0 aromatic heterocycles. The molecule has 0 saturated carbocycles. The Morgan fingerprint density at radius 2 is 1.71 bits per heavy atom. The van der Waals surface area contributed by atoms with Crippen molar-refractivity contribution < 1.29 is 34.1 Å². The summed E-state index contributed by atoms with van der Waals surface area (Å²) in [5.41, 5.74) is 2.12. The van der Waals surface area contributed by atoms with E-state index in [1.807, 2.05) is 30.3 Å². The zero-order chi connectivity index (χ0) is 32.2. The topological polar surface area (TPSA) is 125 Å². The lowest BCUT2D eigenvalue weighted by atomic mass is 9.77. The molecule has 4 unspecified atom stereocenters. The number of unbranched alkanes of at least 4 members (excludes halogenated alkanes) is 8. The van der Waals surface area contributed by atoms with Crippen molar-refractivity contribution in [2.45, 2.75) is 102 Å². The average Bonchev–Trinajstić information content (AvgIpc) is 3.45. The van der Waals surface area contributed by atoms with Gasteiger partial charge in [-0.05, 0) is 30.2 Å². The number of nitrogens with one attached hydrogen (secondary N) is 1. The van der Waals surface area contributed by atoms with E-state index in [9.17, 15) is 24.6 Å². The van der Waals surface area contributed by atoms with E-state index in [2.05, 4.69) is 12.2 Å². The molecule has 1 heterocycles. The van der Waals surface area contributed by atoms with E-state index in [1.54, 1.807) is 23.1 Å². The van der Waals surface area contributed by atoms with Gasteiger partial charge in [-0.2, -0.15) is 0 Å². The number of aliphatic hydroxyl groups is 2. The Bertz CT molecular complexity index is 1310. The van der Waals surface area contributed by atoms with Crippen molar-refractivity contribution in [3.8, 4) is 11.5 Å². The van der Waals surface area contributed by atoms with Gasteiger partial charge in [-0.3, -0.25) is 14.4 Å². The highest BCUT2D eigenvalue weighted by Gasteiger charge is 2.51. The monoisotopic (exact) mass is 620 g/mol. The number of aliphatic hydroxyl groups excluding tert-OH is 2. The molecule has 2 amide bonds. The summed E-state index contributed by atoms with van der Waals surface area (Å²) in [4.78, 5) is 40.8. The van der Waals surface area contributed by atoms with Gasteiger partial charge in [0.25, 0.3) is 0 Å². The fraction of sp³-hybridized carbons (Fsp3) is 0.528. The molecule has 0 bridgehead atoms. The number of carbonyl (C=O) groups is 3. The Morgan fingerprint density at radius 1 is 1.02 bits per heavy atom. The summed E-state index contributed by atoms with van der Waals surface area (Å²) in [6, 6.07) is 11.9. The van der Waals surface area contributed by atoms with E-state index >= 15 is 0 Å². The second-order valence-corrected chi connectivity index (χ2v) is 12.0. The predicted molar refractivity (Wildman–Crippen MR) is 172 cm³/mol. The van der Waals surface area contributed by atoms with Crippen LogP contribution in [0.25, 0.3) is 0 Å². The highest BCUT2D eigenvalue weighted by molar-refractivity contribution is 5.96. The van der Waals surface area contributed by atoms with Crippen LogP contribution in [-0.2, 0) is 16.1 Å². The van der Waals surface area contributed by atoms with Crippen molar-refractivity contribution >= 4 is 18.1 Å². The lowest BCUT2D eigenvalue weighted by Gasteiger charge is -2.41. The molecule has 3 N–H and O–H groups in total. The number of carbonyl (C=O) groups excluding carboxylic acids is 3. The van der Waals surface area contributed by atoms with Crippen LogP contribution in [0.5, 0.6) is 11.5 Å². The van der Waals surface area contributed by atoms with E-state index in [0.29, 0.717) is 40.9 Å². The van der Waals surface area contributed by atoms with E-state index < -0.39 is 30.1 Å². The molecule has 0 saturated heterocycles. The third-order valence-corrected chi connectivity index (χ3v) is 8.78. The van der Waals surface area contributed by atoms with Crippen LogP contribution in [0, 0.1) is 0 Å². The summed E-state index contributed by atoms with van der Waals surface area (Å²) in [5, 5.41) is 24.0. The molecule has 1 aliphatic carbocycles. The summed E-state index contributed by atoms with van der Waals surface area (Å²) in [6.07, 6.45) is 10.8. The maximum Gasteiger partial charge on any atom is 0.247 e. The first kappa shape index (κ1) is 34.2. The van der Waals surface area contributed by atoms with Crippen LogP contribution in [0.4, 0.5) is 0 Å². The van der Waals surface area contributed by atoms with Crippen molar-refractivity contribution in [2.75, 3.05) is 20.3 Å². The van der Waals surface area contributed by atoms with E-state index in [4.69, 9.17) is 9.47 Å². The number of rotatable bonds is 18. The third kappa shape index (κ3) is 8.52. The molecule has 4 rings (SSSR count). The second-order valence-electron chi connectivity index (χ2n) is 12.0. The van der Waals surface area contributed by atoms with Gasteiger partial charge >= 0.3 is 0 Å². The molecule has 0 spiro atoms. The molecule has 244 valence electrons. The summed E-state index contributed by atoms with van der Waals surface area (Å²) < 4.78 is 11.8. The molecule has 0 radical (unpaired) electrons. The minimum Gasteiger partial charge on any atom is -0.493 e. The number of fused-ring (bicyclic) bond motifs is 3. The Hall–Kier alpha value is -3.69. The first-order valence-corrected chi connectivity index (χ1v) is 16.4. The molecular formula is C36H48N2O7. The van der Waals surface area contributed by atoms with Gasteiger partial charge in [0, 0.05) is 36.2 Å². The Kier molecular flexibility index (Phi) is 13.0. The molecule has 0 fully saturated rings. The molecule has 9 heteroatoms. The van der Waals surface area contributed by atoms with E-state index in [0.717, 1.165) is 31.2 Å². The quantitative estimate of drug-likeness (QED) is 0.157. The summed E-state index contributed by atoms with van der Waals surface area (Å²) in [7, 11) is 1.46. The smallest absolute Gasteiger partial charge is 0.247 e. The van der Waals surface area contributed by atoms with Gasteiger partial charge in [0.05, 0.1) is 25.7 Å². The zero-order valence-electron chi connectivity index (χ0n) is 26.6. The number of ether oxygens (including phenoxy) is 2. The maximum absolute atomic E-state index is 13.9. The molecule has 9 nitrogen and oxygen atoms in total. The zero-order valence-corrected chi connectivity index (χ0v) is 26.6. The fourth-order valence-electron chi connectivity index (χ4n) is 6.43. The predicted octanol–water partition coefficient (Wildman–Crippen LogP) is 5.08. The number of benzene rings is 2. The first-order chi connectivity index (χ1) is 21.9. The SMILES string of the molecule is CCCCCCCCCCCC(=O)N(Cc1ccccc1)C1C=C(C(=O)NCCO)C2c3cc(C=O)cc(OC)c3OC2C1O. The summed E-state index contributed by atoms with van der Waals surface area (Å²) in [5.74, 6) is -0.564. The molecule has 2 aromatic carbocycles. The Morgan fingerprint density at radius 3 is 2.36 bits per heavy atom. The Labute approximate surface area is 266 Å². The van der Waals surface area contributed by atoms with Gasteiger partial charge in [-0.1, -0.05) is 88.6 Å². The van der Waals surface area contributed by atoms with Gasteiger partial charge in [-0.15, -0.1) is 0 Å². The summed E-state index contributed by atoms with van der Waals surface area (Å²) in [6.45, 7) is 2.26. The summed E-state index contributed by atoms with van der Waals surface area (Å²) >= 11 is 0. The number of aldehydes is 1. The van der Waals surface area contributed by atoms with Crippen LogP contribution in [0.2, 0.25) is 0 Å². The number of hydrogen-bond donors (Lipinski definition) is 3. The van der Waals surface area contributed by atoms with Crippen molar-refractivity contribution in [3.05, 3.63) is 70.8 Å². The van der Waals surface area contributed by atoms with Crippen LogP contribution in [0.3, 0.4) is 0 Å². The normalized spacial score (nSPS) is 20.0. The second kappa shape index (κ2) is 17.1. The largest absolute Gasteiger partial charge is 0.493 e.